The number of hydrogen-bond acceptors (Lipinski definition) is 9. The van der Waals surface area contributed by atoms with Crippen LogP contribution in [0.1, 0.15) is 76.0 Å². The summed E-state index contributed by atoms with van der Waals surface area (Å²) in [4.78, 5) is 41.9. The number of hydrogen-bond donors (Lipinski definition) is 6. The lowest BCUT2D eigenvalue weighted by atomic mass is 9.86. The fourth-order valence-corrected chi connectivity index (χ4v) is 7.88. The fourth-order valence-electron chi connectivity index (χ4n) is 7.88. The number of phenolic OH excluding ortho intramolecular Hbond substituents is 1. The minimum absolute atomic E-state index is 0.0567. The van der Waals surface area contributed by atoms with Crippen LogP contribution in [0.5, 0.6) is 11.5 Å². The summed E-state index contributed by atoms with van der Waals surface area (Å²) < 4.78 is 12.3. The topological polar surface area (TPSA) is 173 Å². The second-order valence-electron chi connectivity index (χ2n) is 14.7. The molecule has 4 heterocycles. The van der Waals surface area contributed by atoms with Crippen LogP contribution in [0.15, 0.2) is 102 Å². The van der Waals surface area contributed by atoms with E-state index in [1.165, 1.54) is 12.1 Å². The molecule has 12 nitrogen and oxygen atoms in total. The molecule has 56 heavy (non-hydrogen) atoms. The maximum atomic E-state index is 13.3. The first-order chi connectivity index (χ1) is 27.2. The number of H-pyrrole nitrogens is 1. The molecule has 2 bridgehead atoms. The SMILES string of the molecule is O=C(NC(c1ccccc1)c1cccc(OCc2cc(C(=O)O)ccc2CCCCNC[C@H](O)c2ccc(O)c3[nH]c(=O)ccc23)c1)O[C@H]1CN2CCC1CC2. The van der Waals surface area contributed by atoms with Gasteiger partial charge in [0.25, 0.3) is 0 Å². The molecule has 1 unspecified atom stereocenters. The third-order valence-electron chi connectivity index (χ3n) is 10.9. The fraction of sp³-hybridized carbons (Fsp3) is 0.341. The van der Waals surface area contributed by atoms with Crippen LogP contribution in [0.2, 0.25) is 0 Å². The van der Waals surface area contributed by atoms with Crippen LogP contribution in [0.4, 0.5) is 4.79 Å². The molecule has 3 fully saturated rings. The first-order valence-electron chi connectivity index (χ1n) is 19.3. The maximum absolute atomic E-state index is 13.3. The normalized spacial score (nSPS) is 18.6. The number of rotatable bonds is 16. The van der Waals surface area contributed by atoms with Gasteiger partial charge in [-0.2, -0.15) is 0 Å². The van der Waals surface area contributed by atoms with E-state index in [1.54, 1.807) is 24.3 Å². The highest BCUT2D eigenvalue weighted by Gasteiger charge is 2.37. The molecule has 3 atom stereocenters. The van der Waals surface area contributed by atoms with Gasteiger partial charge < -0.3 is 40.4 Å². The molecule has 1 amide bonds. The number of aromatic nitrogens is 1. The Hall–Kier alpha value is -5.69. The Kier molecular flexibility index (Phi) is 12.3. The van der Waals surface area contributed by atoms with Gasteiger partial charge in [-0.1, -0.05) is 54.6 Å². The number of aryl methyl sites for hydroxylation is 1. The van der Waals surface area contributed by atoms with Crippen LogP contribution >= 0.6 is 0 Å². The van der Waals surface area contributed by atoms with Crippen molar-refractivity contribution < 1.29 is 34.4 Å². The first kappa shape index (κ1) is 38.6. The van der Waals surface area contributed by atoms with Crippen molar-refractivity contribution in [3.63, 3.8) is 0 Å². The van der Waals surface area contributed by atoms with E-state index in [9.17, 15) is 29.7 Å². The first-order valence-corrected chi connectivity index (χ1v) is 19.3. The summed E-state index contributed by atoms with van der Waals surface area (Å²) in [5.41, 5.74) is 4.22. The summed E-state index contributed by atoms with van der Waals surface area (Å²) in [6.45, 7) is 3.97. The standard InChI is InChI=1S/C44H48N4O8/c49-37-16-14-35(36-15-17-40(51)46-42(36)37)38(50)25-45-20-5-4-7-28-12-13-32(43(52)53)23-33(28)27-55-34-11-6-10-31(24-34)41(30-8-2-1-3-9-30)47-44(54)56-39-26-48-21-18-29(39)19-22-48/h1-3,6,8-17,23-24,29,38-39,41,45,49-50H,4-5,7,18-22,25-27H2,(H,46,51)(H,47,54)(H,52,53)/t38-,39-,41?/m0/s1. The molecule has 3 saturated heterocycles. The third kappa shape index (κ3) is 9.39. The van der Waals surface area contributed by atoms with Gasteiger partial charge in [0.05, 0.1) is 23.2 Å². The Morgan fingerprint density at radius 3 is 2.46 bits per heavy atom. The van der Waals surface area contributed by atoms with E-state index < -0.39 is 24.2 Å². The Morgan fingerprint density at radius 1 is 0.893 bits per heavy atom. The quantitative estimate of drug-likeness (QED) is 0.0649. The Bertz CT molecular complexity index is 2200. The largest absolute Gasteiger partial charge is 0.506 e. The Labute approximate surface area is 325 Å². The number of benzene rings is 4. The predicted molar refractivity (Wildman–Crippen MR) is 212 cm³/mol. The minimum atomic E-state index is -1.02. The number of carbonyl (C=O) groups excluding carboxylic acids is 1. The lowest BCUT2D eigenvalue weighted by Gasteiger charge is -2.43. The lowest BCUT2D eigenvalue weighted by Crippen LogP contribution is -2.52. The van der Waals surface area contributed by atoms with E-state index in [1.807, 2.05) is 60.7 Å². The van der Waals surface area contributed by atoms with Gasteiger partial charge in [-0.3, -0.25) is 9.69 Å². The Balaban J connectivity index is 0.960. The molecule has 0 radical (unpaired) electrons. The van der Waals surface area contributed by atoms with Crippen LogP contribution in [0, 0.1) is 5.92 Å². The zero-order chi connectivity index (χ0) is 39.0. The number of piperidine rings is 3. The van der Waals surface area contributed by atoms with E-state index in [2.05, 4.69) is 20.5 Å². The summed E-state index contributed by atoms with van der Waals surface area (Å²) in [5.74, 6) is -0.0958. The van der Waals surface area contributed by atoms with Crippen molar-refractivity contribution in [3.05, 3.63) is 141 Å². The van der Waals surface area contributed by atoms with Crippen molar-refractivity contribution in [1.29, 1.82) is 0 Å². The van der Waals surface area contributed by atoms with Gasteiger partial charge in [0.2, 0.25) is 5.56 Å². The van der Waals surface area contributed by atoms with Gasteiger partial charge in [-0.15, -0.1) is 0 Å². The number of amides is 1. The molecule has 0 spiro atoms. The number of unbranched alkanes of at least 4 members (excludes halogenated alkanes) is 1. The highest BCUT2D eigenvalue weighted by molar-refractivity contribution is 5.88. The molecule has 292 valence electrons. The molecule has 6 N–H and O–H groups in total. The molecule has 3 aliphatic heterocycles. The monoisotopic (exact) mass is 760 g/mol. The third-order valence-corrected chi connectivity index (χ3v) is 10.9. The number of aromatic carboxylic acids is 1. The number of aliphatic hydroxyl groups is 1. The van der Waals surface area contributed by atoms with Crippen molar-refractivity contribution >= 4 is 23.0 Å². The van der Waals surface area contributed by atoms with Crippen LogP contribution in [-0.4, -0.2) is 76.1 Å². The molecule has 0 saturated carbocycles. The number of carboxylic acids is 1. The van der Waals surface area contributed by atoms with Gasteiger partial charge in [-0.05, 0) is 122 Å². The number of fused-ring (bicyclic) bond motifs is 4. The molecule has 4 aromatic carbocycles. The number of pyridine rings is 1. The molecule has 1 aromatic heterocycles. The van der Waals surface area contributed by atoms with E-state index in [-0.39, 0.29) is 36.1 Å². The van der Waals surface area contributed by atoms with Gasteiger partial charge in [0.1, 0.15) is 24.2 Å². The number of aromatic hydroxyl groups is 1. The maximum Gasteiger partial charge on any atom is 0.408 e. The van der Waals surface area contributed by atoms with Crippen LogP contribution in [0.3, 0.4) is 0 Å². The van der Waals surface area contributed by atoms with Crippen LogP contribution in [0.25, 0.3) is 10.9 Å². The van der Waals surface area contributed by atoms with Gasteiger partial charge in [0.15, 0.2) is 0 Å². The number of carboxylic acid groups (broad SMARTS) is 1. The number of ether oxygens (including phenoxy) is 2. The van der Waals surface area contributed by atoms with Gasteiger partial charge in [0, 0.05) is 24.5 Å². The van der Waals surface area contributed by atoms with E-state index in [0.717, 1.165) is 67.6 Å². The summed E-state index contributed by atoms with van der Waals surface area (Å²) in [7, 11) is 0. The van der Waals surface area contributed by atoms with E-state index >= 15 is 0 Å². The molecule has 0 aliphatic carbocycles. The number of aromatic amines is 1. The molecular formula is C44H48N4O8. The average Bonchev–Trinajstić information content (AvgIpc) is 3.21. The van der Waals surface area contributed by atoms with Crippen molar-refractivity contribution in [3.8, 4) is 11.5 Å². The summed E-state index contributed by atoms with van der Waals surface area (Å²) in [5, 5.41) is 37.7. The summed E-state index contributed by atoms with van der Waals surface area (Å²) in [6.07, 6.45) is 2.98. The van der Waals surface area contributed by atoms with Crippen LogP contribution < -0.4 is 20.9 Å². The minimum Gasteiger partial charge on any atom is -0.506 e. The summed E-state index contributed by atoms with van der Waals surface area (Å²) >= 11 is 0. The molecule has 3 aliphatic rings. The van der Waals surface area contributed by atoms with Crippen molar-refractivity contribution in [2.45, 2.75) is 57.0 Å². The number of nitrogens with one attached hydrogen (secondary N) is 3. The highest BCUT2D eigenvalue weighted by Crippen LogP contribution is 2.32. The number of alkyl carbamates (subject to hydrolysis) is 1. The highest BCUT2D eigenvalue weighted by atomic mass is 16.6. The van der Waals surface area contributed by atoms with Gasteiger partial charge in [-0.25, -0.2) is 9.59 Å². The number of phenols is 1. The smallest absolute Gasteiger partial charge is 0.408 e. The van der Waals surface area contributed by atoms with Crippen molar-refractivity contribution in [2.75, 3.05) is 32.7 Å². The number of nitrogens with zero attached hydrogens (tertiary/aromatic N) is 1. The average molecular weight is 761 g/mol. The molecule has 12 heteroatoms. The predicted octanol–water partition coefficient (Wildman–Crippen LogP) is 6.07. The van der Waals surface area contributed by atoms with Crippen molar-refractivity contribution in [1.82, 2.24) is 20.5 Å². The zero-order valence-corrected chi connectivity index (χ0v) is 31.2. The summed E-state index contributed by atoms with van der Waals surface area (Å²) in [6, 6.07) is 28.0. The molecule has 5 aromatic rings. The Morgan fingerprint density at radius 2 is 1.70 bits per heavy atom. The number of aliphatic hydroxyl groups excluding tert-OH is 1. The van der Waals surface area contributed by atoms with Crippen molar-refractivity contribution in [2.24, 2.45) is 5.92 Å². The molecular weight excluding hydrogens is 713 g/mol. The van der Waals surface area contributed by atoms with Crippen LogP contribution in [-0.2, 0) is 17.8 Å². The second kappa shape index (κ2) is 17.8. The van der Waals surface area contributed by atoms with E-state index in [0.29, 0.717) is 41.1 Å². The number of carbonyl (C=O) groups is 2. The zero-order valence-electron chi connectivity index (χ0n) is 31.2. The molecule has 8 rings (SSSR count). The second-order valence-corrected chi connectivity index (χ2v) is 14.7. The lowest BCUT2D eigenvalue weighted by molar-refractivity contribution is -0.0336. The van der Waals surface area contributed by atoms with E-state index in [4.69, 9.17) is 9.47 Å². The van der Waals surface area contributed by atoms with Gasteiger partial charge >= 0.3 is 12.1 Å².